The Morgan fingerprint density at radius 1 is 1.61 bits per heavy atom. The SMILES string of the molecule is COCC(O)CNC(=O)Nc1ccc(Br)c(F)c1. The van der Waals surface area contributed by atoms with E-state index in [1.54, 1.807) is 6.07 Å². The largest absolute Gasteiger partial charge is 0.389 e. The van der Waals surface area contributed by atoms with E-state index in [2.05, 4.69) is 26.6 Å². The van der Waals surface area contributed by atoms with Gasteiger partial charge in [-0.25, -0.2) is 9.18 Å². The number of rotatable bonds is 5. The van der Waals surface area contributed by atoms with Crippen molar-refractivity contribution in [2.75, 3.05) is 25.6 Å². The normalized spacial score (nSPS) is 12.0. The molecule has 1 atom stereocenters. The molecule has 1 aromatic carbocycles. The number of aliphatic hydroxyl groups is 1. The Kier molecular flexibility index (Phi) is 6.03. The van der Waals surface area contributed by atoms with Crippen LogP contribution in [0.15, 0.2) is 22.7 Å². The number of carbonyl (C=O) groups excluding carboxylic acids is 1. The average Bonchev–Trinajstić information content (AvgIpc) is 2.32. The molecule has 0 heterocycles. The van der Waals surface area contributed by atoms with Crippen LogP contribution in [0.1, 0.15) is 0 Å². The Hall–Kier alpha value is -1.18. The van der Waals surface area contributed by atoms with Gasteiger partial charge in [0.25, 0.3) is 0 Å². The number of urea groups is 1. The number of amides is 2. The lowest BCUT2D eigenvalue weighted by atomic mass is 10.3. The fourth-order valence-electron chi connectivity index (χ4n) is 1.21. The minimum absolute atomic E-state index is 0.0542. The zero-order chi connectivity index (χ0) is 13.5. The number of anilines is 1. The summed E-state index contributed by atoms with van der Waals surface area (Å²) in [7, 11) is 1.45. The molecule has 1 unspecified atom stereocenters. The summed E-state index contributed by atoms with van der Waals surface area (Å²) in [5.41, 5.74) is 0.328. The molecule has 18 heavy (non-hydrogen) atoms. The van der Waals surface area contributed by atoms with E-state index in [1.807, 2.05) is 0 Å². The minimum atomic E-state index is -0.776. The highest BCUT2D eigenvalue weighted by atomic mass is 79.9. The number of methoxy groups -OCH3 is 1. The van der Waals surface area contributed by atoms with Gasteiger partial charge in [0, 0.05) is 19.3 Å². The first kappa shape index (κ1) is 14.9. The van der Waals surface area contributed by atoms with Gasteiger partial charge in [0.1, 0.15) is 5.82 Å². The topological polar surface area (TPSA) is 70.6 Å². The molecule has 0 aliphatic rings. The lowest BCUT2D eigenvalue weighted by Gasteiger charge is -2.11. The van der Waals surface area contributed by atoms with Crippen molar-refractivity contribution in [3.05, 3.63) is 28.5 Å². The van der Waals surface area contributed by atoms with Crippen LogP contribution in [-0.2, 0) is 4.74 Å². The van der Waals surface area contributed by atoms with Gasteiger partial charge >= 0.3 is 6.03 Å². The number of ether oxygens (including phenoxy) is 1. The van der Waals surface area contributed by atoms with Gasteiger partial charge in [-0.1, -0.05) is 0 Å². The maximum absolute atomic E-state index is 13.2. The van der Waals surface area contributed by atoms with Crippen LogP contribution >= 0.6 is 15.9 Å². The van der Waals surface area contributed by atoms with Crippen LogP contribution < -0.4 is 10.6 Å². The number of benzene rings is 1. The van der Waals surface area contributed by atoms with E-state index in [0.717, 1.165) is 0 Å². The molecule has 1 rings (SSSR count). The summed E-state index contributed by atoms with van der Waals surface area (Å²) >= 11 is 3.01. The first-order valence-corrected chi connectivity index (χ1v) is 5.99. The molecule has 0 aromatic heterocycles. The summed E-state index contributed by atoms with van der Waals surface area (Å²) in [4.78, 5) is 11.4. The Balaban J connectivity index is 2.42. The molecule has 2 amide bonds. The molecule has 0 aliphatic carbocycles. The van der Waals surface area contributed by atoms with Gasteiger partial charge in [-0.05, 0) is 34.1 Å². The maximum atomic E-state index is 13.2. The van der Waals surface area contributed by atoms with Crippen molar-refractivity contribution in [2.24, 2.45) is 0 Å². The second-order valence-electron chi connectivity index (χ2n) is 3.57. The first-order chi connectivity index (χ1) is 8.52. The molecule has 1 aromatic rings. The fourth-order valence-corrected chi connectivity index (χ4v) is 1.46. The van der Waals surface area contributed by atoms with Gasteiger partial charge in [-0.15, -0.1) is 0 Å². The zero-order valence-corrected chi connectivity index (χ0v) is 11.3. The lowest BCUT2D eigenvalue weighted by Crippen LogP contribution is -2.37. The quantitative estimate of drug-likeness (QED) is 0.773. The molecule has 5 nitrogen and oxygen atoms in total. The smallest absolute Gasteiger partial charge is 0.319 e. The molecule has 3 N–H and O–H groups in total. The summed E-state index contributed by atoms with van der Waals surface area (Å²) in [6, 6.07) is 3.71. The third-order valence-corrected chi connectivity index (χ3v) is 2.68. The Bertz CT molecular complexity index is 417. The second kappa shape index (κ2) is 7.30. The molecule has 100 valence electrons. The van der Waals surface area contributed by atoms with Crippen molar-refractivity contribution in [1.29, 1.82) is 0 Å². The first-order valence-electron chi connectivity index (χ1n) is 5.20. The molecule has 0 aliphatic heterocycles. The summed E-state index contributed by atoms with van der Waals surface area (Å²) in [6.45, 7) is 0.186. The zero-order valence-electron chi connectivity index (χ0n) is 9.74. The Labute approximate surface area is 112 Å². The van der Waals surface area contributed by atoms with Crippen LogP contribution in [0.25, 0.3) is 0 Å². The molecule has 0 spiro atoms. The third-order valence-electron chi connectivity index (χ3n) is 2.03. The molecular weight excluding hydrogens is 307 g/mol. The van der Waals surface area contributed by atoms with E-state index in [0.29, 0.717) is 10.2 Å². The lowest BCUT2D eigenvalue weighted by molar-refractivity contribution is 0.0663. The van der Waals surface area contributed by atoms with Gasteiger partial charge < -0.3 is 20.5 Å². The van der Waals surface area contributed by atoms with Gasteiger partial charge in [-0.3, -0.25) is 0 Å². The fraction of sp³-hybridized carbons (Fsp3) is 0.364. The van der Waals surface area contributed by atoms with Crippen LogP contribution in [0.5, 0.6) is 0 Å². The summed E-state index contributed by atoms with van der Waals surface area (Å²) in [5, 5.41) is 14.2. The summed E-state index contributed by atoms with van der Waals surface area (Å²) in [6.07, 6.45) is -0.776. The number of nitrogens with one attached hydrogen (secondary N) is 2. The van der Waals surface area contributed by atoms with Crippen molar-refractivity contribution in [2.45, 2.75) is 6.10 Å². The summed E-state index contributed by atoms with van der Waals surface area (Å²) < 4.78 is 18.2. The standard InChI is InChI=1S/C11H14BrFN2O3/c1-18-6-8(16)5-14-11(17)15-7-2-3-9(12)10(13)4-7/h2-4,8,16H,5-6H2,1H3,(H2,14,15,17). The average molecular weight is 321 g/mol. The molecule has 0 fully saturated rings. The van der Waals surface area contributed by atoms with Crippen LogP contribution in [0.3, 0.4) is 0 Å². The minimum Gasteiger partial charge on any atom is -0.389 e. The number of hydrogen-bond donors (Lipinski definition) is 3. The van der Waals surface area contributed by atoms with E-state index in [4.69, 9.17) is 4.74 Å². The molecule has 7 heteroatoms. The van der Waals surface area contributed by atoms with Crippen molar-refractivity contribution < 1.29 is 19.0 Å². The number of carbonyl (C=O) groups is 1. The van der Waals surface area contributed by atoms with Crippen molar-refractivity contribution in [1.82, 2.24) is 5.32 Å². The van der Waals surface area contributed by atoms with Gasteiger partial charge in [-0.2, -0.15) is 0 Å². The van der Waals surface area contributed by atoms with Crippen LogP contribution in [0.4, 0.5) is 14.9 Å². The highest BCUT2D eigenvalue weighted by Gasteiger charge is 2.07. The number of aliphatic hydroxyl groups excluding tert-OH is 1. The van der Waals surface area contributed by atoms with Crippen LogP contribution in [-0.4, -0.2) is 37.5 Å². The maximum Gasteiger partial charge on any atom is 0.319 e. The number of halogens is 2. The highest BCUT2D eigenvalue weighted by Crippen LogP contribution is 2.19. The second-order valence-corrected chi connectivity index (χ2v) is 4.43. The molecular formula is C11H14BrFN2O3. The Morgan fingerprint density at radius 2 is 2.33 bits per heavy atom. The monoisotopic (exact) mass is 320 g/mol. The van der Waals surface area contributed by atoms with E-state index in [-0.39, 0.29) is 13.2 Å². The van der Waals surface area contributed by atoms with E-state index in [9.17, 15) is 14.3 Å². The van der Waals surface area contributed by atoms with Crippen molar-refractivity contribution >= 4 is 27.6 Å². The van der Waals surface area contributed by atoms with Crippen molar-refractivity contribution in [3.8, 4) is 0 Å². The number of hydrogen-bond acceptors (Lipinski definition) is 3. The summed E-state index contributed by atoms with van der Waals surface area (Å²) in [5.74, 6) is -0.466. The van der Waals surface area contributed by atoms with Gasteiger partial charge in [0.2, 0.25) is 0 Å². The van der Waals surface area contributed by atoms with E-state index >= 15 is 0 Å². The van der Waals surface area contributed by atoms with Crippen LogP contribution in [0, 0.1) is 5.82 Å². The Morgan fingerprint density at radius 3 is 2.94 bits per heavy atom. The third kappa shape index (κ3) is 4.99. The van der Waals surface area contributed by atoms with Crippen molar-refractivity contribution in [3.63, 3.8) is 0 Å². The molecule has 0 radical (unpaired) electrons. The molecule has 0 saturated carbocycles. The van der Waals surface area contributed by atoms with E-state index < -0.39 is 18.0 Å². The van der Waals surface area contributed by atoms with Gasteiger partial charge in [0.15, 0.2) is 0 Å². The van der Waals surface area contributed by atoms with E-state index in [1.165, 1.54) is 19.2 Å². The predicted octanol–water partition coefficient (Wildman–Crippen LogP) is 1.72. The molecule has 0 saturated heterocycles. The van der Waals surface area contributed by atoms with Gasteiger partial charge in [0.05, 0.1) is 17.2 Å². The highest BCUT2D eigenvalue weighted by molar-refractivity contribution is 9.10. The molecule has 0 bridgehead atoms. The van der Waals surface area contributed by atoms with Crippen LogP contribution in [0.2, 0.25) is 0 Å². The predicted molar refractivity (Wildman–Crippen MR) is 69.0 cm³/mol.